The zero-order valence-corrected chi connectivity index (χ0v) is 36.5. The van der Waals surface area contributed by atoms with Crippen molar-refractivity contribution < 1.29 is 0 Å². The lowest BCUT2D eigenvalue weighted by molar-refractivity contribution is 1.09. The molecule has 4 aromatic heterocycles. The van der Waals surface area contributed by atoms with Crippen molar-refractivity contribution in [3.63, 3.8) is 0 Å². The molecule has 0 N–H and O–H groups in total. The minimum absolute atomic E-state index is 0.623. The molecule has 14 rings (SSSR count). The number of nitriles is 1. The third-order valence-corrected chi connectivity index (χ3v) is 14.1. The van der Waals surface area contributed by atoms with E-state index in [4.69, 9.17) is 0 Å². The highest BCUT2D eigenvalue weighted by atomic mass is 15.1. The van der Waals surface area contributed by atoms with Crippen molar-refractivity contribution >= 4 is 87.2 Å². The van der Waals surface area contributed by atoms with E-state index in [2.05, 4.69) is 231 Å². The first-order valence-corrected chi connectivity index (χ1v) is 22.8. The van der Waals surface area contributed by atoms with Gasteiger partial charge < -0.3 is 18.3 Å². The van der Waals surface area contributed by atoms with Crippen LogP contribution >= 0.6 is 0 Å². The first-order chi connectivity index (χ1) is 33.2. The average molecular weight is 854 g/mol. The maximum absolute atomic E-state index is 10.3. The van der Waals surface area contributed by atoms with Crippen LogP contribution < -0.4 is 0 Å². The van der Waals surface area contributed by atoms with Gasteiger partial charge in [-0.1, -0.05) is 152 Å². The lowest BCUT2D eigenvalue weighted by Crippen LogP contribution is -2.07. The minimum Gasteiger partial charge on any atom is -0.307 e. The van der Waals surface area contributed by atoms with E-state index < -0.39 is 0 Å². The average Bonchev–Trinajstić information content (AvgIpc) is 4.12. The quantitative estimate of drug-likeness (QED) is 0.170. The van der Waals surface area contributed by atoms with E-state index in [1.807, 2.05) is 18.2 Å². The largest absolute Gasteiger partial charge is 0.307 e. The molecule has 10 aromatic carbocycles. The molecule has 0 atom stereocenters. The van der Waals surface area contributed by atoms with Crippen LogP contribution in [-0.4, -0.2) is 18.3 Å². The third kappa shape index (κ3) is 5.18. The smallest absolute Gasteiger partial charge is 0.0991 e. The fourth-order valence-corrected chi connectivity index (χ4v) is 11.4. The van der Waals surface area contributed by atoms with Crippen LogP contribution in [0, 0.1) is 18.3 Å². The molecule has 0 aliphatic heterocycles. The summed E-state index contributed by atoms with van der Waals surface area (Å²) in [4.78, 5) is 0. The van der Waals surface area contributed by atoms with Gasteiger partial charge in [0, 0.05) is 60.0 Å². The molecule has 4 heterocycles. The van der Waals surface area contributed by atoms with Crippen LogP contribution in [0.3, 0.4) is 0 Å². The number of para-hydroxylation sites is 6. The number of hydrogen-bond donors (Lipinski definition) is 0. The van der Waals surface area contributed by atoms with Gasteiger partial charge in [0.25, 0.3) is 0 Å². The Morgan fingerprint density at radius 2 is 0.746 bits per heavy atom. The molecule has 0 aliphatic carbocycles. The second kappa shape index (κ2) is 14.2. The molecule has 0 saturated carbocycles. The fraction of sp³-hybridized carbons (Fsp3) is 0.0161. The van der Waals surface area contributed by atoms with E-state index in [1.54, 1.807) is 0 Å². The SMILES string of the molecule is Cc1c(-n2c3ccccc3c3ccc4c5ccccc5n(-c5ccccc5)c4c32)ccc(-c2cccc(C#N)c2)c1-n1c2ccccc2c2ccc3c4ccccc4n(-c4ccccc4)c3c21. The summed E-state index contributed by atoms with van der Waals surface area (Å²) in [5.74, 6) is 0. The van der Waals surface area contributed by atoms with Gasteiger partial charge in [0.2, 0.25) is 0 Å². The van der Waals surface area contributed by atoms with E-state index in [-0.39, 0.29) is 0 Å². The standard InChI is InChI=1S/C62H39N5/c1-39-53(66-56-29-14-10-25-47(56)51-33-31-49-45-23-8-12-27-54(45)64(59(49)61(51)66)42-19-4-2-5-20-42)36-35-44(41-18-16-17-40(37-41)38-63)58(39)67-57-30-15-11-26-48(57)52-34-32-50-46-24-9-13-28-55(46)65(60(50)62(52)67)43-21-6-3-7-22-43/h2-37H,1H3. The van der Waals surface area contributed by atoms with E-state index in [0.29, 0.717) is 5.56 Å². The zero-order valence-electron chi connectivity index (χ0n) is 36.5. The lowest BCUT2D eigenvalue weighted by atomic mass is 9.97. The molecule has 312 valence electrons. The zero-order chi connectivity index (χ0) is 44.3. The normalized spacial score (nSPS) is 11.9. The summed E-state index contributed by atoms with van der Waals surface area (Å²) < 4.78 is 9.95. The van der Waals surface area contributed by atoms with Gasteiger partial charge in [-0.05, 0) is 84.8 Å². The van der Waals surface area contributed by atoms with Gasteiger partial charge in [0.15, 0.2) is 0 Å². The fourth-order valence-electron chi connectivity index (χ4n) is 11.4. The number of nitrogens with zero attached hydrogens (tertiary/aromatic N) is 5. The van der Waals surface area contributed by atoms with Crippen molar-refractivity contribution in [2.45, 2.75) is 6.92 Å². The maximum atomic E-state index is 10.3. The molecule has 5 heteroatoms. The van der Waals surface area contributed by atoms with Gasteiger partial charge in [-0.3, -0.25) is 0 Å². The molecule has 5 nitrogen and oxygen atoms in total. The van der Waals surface area contributed by atoms with Crippen molar-refractivity contribution in [2.24, 2.45) is 0 Å². The molecule has 0 radical (unpaired) electrons. The molecule has 0 fully saturated rings. The van der Waals surface area contributed by atoms with E-state index in [9.17, 15) is 5.26 Å². The minimum atomic E-state index is 0.623. The summed E-state index contributed by atoms with van der Waals surface area (Å²) in [5.41, 5.74) is 17.3. The molecule has 14 aromatic rings. The second-order valence-electron chi connectivity index (χ2n) is 17.6. The maximum Gasteiger partial charge on any atom is 0.0991 e. The Hall–Kier alpha value is -9.11. The summed E-state index contributed by atoms with van der Waals surface area (Å²) in [6.07, 6.45) is 0. The van der Waals surface area contributed by atoms with Crippen LogP contribution in [0.4, 0.5) is 0 Å². The Bertz CT molecular complexity index is 4400. The summed E-state index contributed by atoms with van der Waals surface area (Å²) in [6.45, 7) is 2.29. The van der Waals surface area contributed by atoms with E-state index in [0.717, 1.165) is 72.5 Å². The highest BCUT2D eigenvalue weighted by Gasteiger charge is 2.27. The van der Waals surface area contributed by atoms with Crippen LogP contribution in [0.1, 0.15) is 11.1 Å². The van der Waals surface area contributed by atoms with Crippen LogP contribution in [0.15, 0.2) is 218 Å². The van der Waals surface area contributed by atoms with Gasteiger partial charge in [-0.15, -0.1) is 0 Å². The number of hydrogen-bond acceptors (Lipinski definition) is 1. The number of rotatable bonds is 5. The van der Waals surface area contributed by atoms with E-state index in [1.165, 1.54) is 54.1 Å². The van der Waals surface area contributed by atoms with Gasteiger partial charge in [-0.25, -0.2) is 0 Å². The molecular weight excluding hydrogens is 815 g/mol. The van der Waals surface area contributed by atoms with Crippen molar-refractivity contribution in [3.8, 4) is 39.9 Å². The van der Waals surface area contributed by atoms with E-state index >= 15 is 0 Å². The second-order valence-corrected chi connectivity index (χ2v) is 17.6. The Kier molecular flexibility index (Phi) is 7.90. The highest BCUT2D eigenvalue weighted by molar-refractivity contribution is 6.25. The first-order valence-electron chi connectivity index (χ1n) is 22.8. The van der Waals surface area contributed by atoms with Crippen molar-refractivity contribution in [3.05, 3.63) is 230 Å². The predicted octanol–water partition coefficient (Wildman–Crippen LogP) is 15.9. The summed E-state index contributed by atoms with van der Waals surface area (Å²) in [5, 5.41) is 19.8. The Balaban J connectivity index is 1.20. The monoisotopic (exact) mass is 853 g/mol. The molecule has 0 aliphatic rings. The Labute approximate surface area is 385 Å². The first kappa shape index (κ1) is 37.3. The van der Waals surface area contributed by atoms with Crippen molar-refractivity contribution in [1.82, 2.24) is 18.3 Å². The molecule has 0 saturated heterocycles. The van der Waals surface area contributed by atoms with Gasteiger partial charge >= 0.3 is 0 Å². The molecule has 67 heavy (non-hydrogen) atoms. The number of fused-ring (bicyclic) bond motifs is 14. The lowest BCUT2D eigenvalue weighted by Gasteiger charge is -2.22. The number of aromatic nitrogens is 4. The summed E-state index contributed by atoms with van der Waals surface area (Å²) in [6, 6.07) is 81.1. The van der Waals surface area contributed by atoms with Crippen molar-refractivity contribution in [2.75, 3.05) is 0 Å². The summed E-state index contributed by atoms with van der Waals surface area (Å²) in [7, 11) is 0. The topological polar surface area (TPSA) is 43.5 Å². The van der Waals surface area contributed by atoms with Crippen LogP contribution in [-0.2, 0) is 0 Å². The molecule has 0 amide bonds. The molecular formula is C62H39N5. The molecule has 0 spiro atoms. The van der Waals surface area contributed by atoms with Crippen LogP contribution in [0.5, 0.6) is 0 Å². The van der Waals surface area contributed by atoms with Crippen LogP contribution in [0.2, 0.25) is 0 Å². The highest BCUT2D eigenvalue weighted by Crippen LogP contribution is 2.47. The predicted molar refractivity (Wildman–Crippen MR) is 279 cm³/mol. The third-order valence-electron chi connectivity index (χ3n) is 14.1. The van der Waals surface area contributed by atoms with Crippen molar-refractivity contribution in [1.29, 1.82) is 5.26 Å². The Morgan fingerprint density at radius 1 is 0.343 bits per heavy atom. The number of benzene rings is 10. The molecule has 0 unspecified atom stereocenters. The Morgan fingerprint density at radius 3 is 1.22 bits per heavy atom. The van der Waals surface area contributed by atoms with Crippen LogP contribution in [0.25, 0.3) is 121 Å². The van der Waals surface area contributed by atoms with Gasteiger partial charge in [0.1, 0.15) is 0 Å². The summed E-state index contributed by atoms with van der Waals surface area (Å²) >= 11 is 0. The van der Waals surface area contributed by atoms with Gasteiger partial charge in [-0.2, -0.15) is 5.26 Å². The van der Waals surface area contributed by atoms with Gasteiger partial charge in [0.05, 0.1) is 67.1 Å². The molecule has 0 bridgehead atoms.